The summed E-state index contributed by atoms with van der Waals surface area (Å²) in [4.78, 5) is 15.0. The standard InChI is InChI=1S/C13H13N5O2S/c1-8-9(6-16-17(8)2)5-14-10-3-4-11-12(15-7-21-11)13(10)18(19)20/h3-4,6-7,14H,5H2,1-2H3. The Morgan fingerprint density at radius 2 is 2.29 bits per heavy atom. The molecular formula is C13H13N5O2S. The average molecular weight is 303 g/mol. The van der Waals surface area contributed by atoms with Crippen LogP contribution in [0.1, 0.15) is 11.3 Å². The van der Waals surface area contributed by atoms with E-state index in [4.69, 9.17) is 0 Å². The lowest BCUT2D eigenvalue weighted by Crippen LogP contribution is -2.04. The zero-order valence-electron chi connectivity index (χ0n) is 11.5. The largest absolute Gasteiger partial charge is 0.375 e. The summed E-state index contributed by atoms with van der Waals surface area (Å²) < 4.78 is 2.58. The first-order valence-corrected chi connectivity index (χ1v) is 7.18. The maximum absolute atomic E-state index is 11.3. The lowest BCUT2D eigenvalue weighted by Gasteiger charge is -2.07. The van der Waals surface area contributed by atoms with Crippen LogP contribution >= 0.6 is 11.3 Å². The molecule has 0 bridgehead atoms. The highest BCUT2D eigenvalue weighted by Crippen LogP contribution is 2.34. The van der Waals surface area contributed by atoms with Crippen LogP contribution < -0.4 is 5.32 Å². The first kappa shape index (κ1) is 13.5. The second kappa shape index (κ2) is 5.13. The van der Waals surface area contributed by atoms with Gasteiger partial charge in [0.05, 0.1) is 21.3 Å². The number of nitrogens with one attached hydrogen (secondary N) is 1. The van der Waals surface area contributed by atoms with E-state index in [-0.39, 0.29) is 10.6 Å². The summed E-state index contributed by atoms with van der Waals surface area (Å²) in [5, 5.41) is 18.6. The van der Waals surface area contributed by atoms with Crippen LogP contribution in [0, 0.1) is 17.0 Å². The van der Waals surface area contributed by atoms with Gasteiger partial charge in [-0.1, -0.05) is 0 Å². The summed E-state index contributed by atoms with van der Waals surface area (Å²) in [5.41, 5.74) is 4.58. The number of rotatable bonds is 4. The van der Waals surface area contributed by atoms with Crippen molar-refractivity contribution >= 4 is 32.9 Å². The number of hydrogen-bond donors (Lipinski definition) is 1. The zero-order valence-corrected chi connectivity index (χ0v) is 12.3. The molecule has 2 aromatic heterocycles. The molecule has 7 nitrogen and oxygen atoms in total. The molecule has 2 heterocycles. The zero-order chi connectivity index (χ0) is 15.0. The molecule has 8 heteroatoms. The second-order valence-electron chi connectivity index (χ2n) is 4.65. The number of nitro benzene ring substituents is 1. The molecule has 3 rings (SSSR count). The Hall–Kier alpha value is -2.48. The molecule has 3 aromatic rings. The third-order valence-electron chi connectivity index (χ3n) is 3.46. The van der Waals surface area contributed by atoms with Crippen molar-refractivity contribution in [2.75, 3.05) is 5.32 Å². The number of anilines is 1. The van der Waals surface area contributed by atoms with Crippen molar-refractivity contribution in [3.8, 4) is 0 Å². The highest BCUT2D eigenvalue weighted by Gasteiger charge is 2.20. The number of aromatic nitrogens is 3. The third-order valence-corrected chi connectivity index (χ3v) is 4.26. The summed E-state index contributed by atoms with van der Waals surface area (Å²) in [6.45, 7) is 2.44. The molecule has 108 valence electrons. The lowest BCUT2D eigenvalue weighted by atomic mass is 10.2. The Morgan fingerprint density at radius 3 is 2.95 bits per heavy atom. The van der Waals surface area contributed by atoms with Crippen molar-refractivity contribution < 1.29 is 4.92 Å². The monoisotopic (exact) mass is 303 g/mol. The molecule has 21 heavy (non-hydrogen) atoms. The average Bonchev–Trinajstić information content (AvgIpc) is 3.04. The predicted octanol–water partition coefficient (Wildman–Crippen LogP) is 2.86. The van der Waals surface area contributed by atoms with E-state index >= 15 is 0 Å². The van der Waals surface area contributed by atoms with E-state index in [0.29, 0.717) is 17.7 Å². The minimum absolute atomic E-state index is 0.0234. The lowest BCUT2D eigenvalue weighted by molar-refractivity contribution is -0.382. The van der Waals surface area contributed by atoms with Gasteiger partial charge in [0.15, 0.2) is 5.52 Å². The van der Waals surface area contributed by atoms with Gasteiger partial charge in [-0.2, -0.15) is 5.10 Å². The van der Waals surface area contributed by atoms with Crippen molar-refractivity contribution in [2.45, 2.75) is 13.5 Å². The van der Waals surface area contributed by atoms with Crippen molar-refractivity contribution in [1.82, 2.24) is 14.8 Å². The highest BCUT2D eigenvalue weighted by atomic mass is 32.1. The molecule has 1 aromatic carbocycles. The Bertz CT molecular complexity index is 823. The molecule has 0 aliphatic rings. The Morgan fingerprint density at radius 1 is 1.48 bits per heavy atom. The van der Waals surface area contributed by atoms with Gasteiger partial charge in [0.2, 0.25) is 0 Å². The van der Waals surface area contributed by atoms with Gasteiger partial charge in [0, 0.05) is 24.8 Å². The molecule has 0 saturated carbocycles. The van der Waals surface area contributed by atoms with Gasteiger partial charge in [-0.25, -0.2) is 4.98 Å². The van der Waals surface area contributed by atoms with Crippen molar-refractivity contribution in [3.05, 3.63) is 45.2 Å². The van der Waals surface area contributed by atoms with Crippen LogP contribution in [-0.2, 0) is 13.6 Å². The molecule has 0 aliphatic carbocycles. The smallest absolute Gasteiger partial charge is 0.319 e. The molecular weight excluding hydrogens is 290 g/mol. The van der Waals surface area contributed by atoms with Gasteiger partial charge in [-0.05, 0) is 19.1 Å². The molecule has 0 spiro atoms. The second-order valence-corrected chi connectivity index (χ2v) is 5.54. The highest BCUT2D eigenvalue weighted by molar-refractivity contribution is 7.16. The fraction of sp³-hybridized carbons (Fsp3) is 0.231. The van der Waals surface area contributed by atoms with E-state index in [9.17, 15) is 10.1 Å². The molecule has 0 fully saturated rings. The van der Waals surface area contributed by atoms with E-state index in [0.717, 1.165) is 16.0 Å². The number of fused-ring (bicyclic) bond motifs is 1. The van der Waals surface area contributed by atoms with Gasteiger partial charge in [-0.3, -0.25) is 14.8 Å². The van der Waals surface area contributed by atoms with Crippen LogP contribution in [0.15, 0.2) is 23.8 Å². The number of nitrogens with zero attached hydrogens (tertiary/aromatic N) is 4. The third kappa shape index (κ3) is 2.33. The van der Waals surface area contributed by atoms with E-state index in [1.54, 1.807) is 22.5 Å². The molecule has 0 atom stereocenters. The Kier molecular flexibility index (Phi) is 3.30. The number of hydrogen-bond acceptors (Lipinski definition) is 6. The van der Waals surface area contributed by atoms with Crippen LogP contribution in [0.2, 0.25) is 0 Å². The molecule has 1 N–H and O–H groups in total. The molecule has 0 radical (unpaired) electrons. The maximum atomic E-state index is 11.3. The van der Waals surface area contributed by atoms with Crippen LogP contribution in [0.4, 0.5) is 11.4 Å². The summed E-state index contributed by atoms with van der Waals surface area (Å²) in [7, 11) is 1.86. The topological polar surface area (TPSA) is 85.9 Å². The summed E-state index contributed by atoms with van der Waals surface area (Å²) >= 11 is 1.39. The Balaban J connectivity index is 1.95. The summed E-state index contributed by atoms with van der Waals surface area (Å²) in [6.07, 6.45) is 1.76. The maximum Gasteiger partial charge on any atom is 0.319 e. The summed E-state index contributed by atoms with van der Waals surface area (Å²) in [6, 6.07) is 3.57. The first-order valence-electron chi connectivity index (χ1n) is 6.30. The van der Waals surface area contributed by atoms with Crippen molar-refractivity contribution in [3.63, 3.8) is 0 Å². The number of nitro groups is 1. The minimum Gasteiger partial charge on any atom is -0.375 e. The molecule has 0 unspecified atom stereocenters. The van der Waals surface area contributed by atoms with Gasteiger partial charge in [0.1, 0.15) is 5.69 Å². The van der Waals surface area contributed by atoms with Crippen LogP contribution in [0.5, 0.6) is 0 Å². The van der Waals surface area contributed by atoms with Crippen LogP contribution in [0.25, 0.3) is 10.2 Å². The van der Waals surface area contributed by atoms with Crippen molar-refractivity contribution in [1.29, 1.82) is 0 Å². The molecule has 0 aliphatic heterocycles. The van der Waals surface area contributed by atoms with Gasteiger partial charge in [0.25, 0.3) is 0 Å². The van der Waals surface area contributed by atoms with Crippen LogP contribution in [0.3, 0.4) is 0 Å². The minimum atomic E-state index is -0.388. The predicted molar refractivity (Wildman–Crippen MR) is 81.5 cm³/mol. The first-order chi connectivity index (χ1) is 10.1. The van der Waals surface area contributed by atoms with Crippen LogP contribution in [-0.4, -0.2) is 19.7 Å². The van der Waals surface area contributed by atoms with Crippen molar-refractivity contribution in [2.24, 2.45) is 7.05 Å². The Labute approximate surface area is 124 Å². The van der Waals surface area contributed by atoms with E-state index in [1.807, 2.05) is 20.0 Å². The van der Waals surface area contributed by atoms with Gasteiger partial charge in [-0.15, -0.1) is 11.3 Å². The van der Waals surface area contributed by atoms with E-state index < -0.39 is 0 Å². The van der Waals surface area contributed by atoms with Gasteiger partial charge < -0.3 is 5.32 Å². The number of benzene rings is 1. The fourth-order valence-corrected chi connectivity index (χ4v) is 2.83. The van der Waals surface area contributed by atoms with Gasteiger partial charge >= 0.3 is 5.69 Å². The SMILES string of the molecule is Cc1c(CNc2ccc3scnc3c2[N+](=O)[O-])cnn1C. The van der Waals surface area contributed by atoms with E-state index in [1.165, 1.54) is 11.3 Å². The number of aryl methyl sites for hydroxylation is 1. The quantitative estimate of drug-likeness (QED) is 0.591. The fourth-order valence-electron chi connectivity index (χ4n) is 2.15. The normalized spacial score (nSPS) is 11.0. The molecule has 0 amide bonds. The summed E-state index contributed by atoms with van der Waals surface area (Å²) in [5.74, 6) is 0. The molecule has 0 saturated heterocycles. The number of thiazole rings is 1. The van der Waals surface area contributed by atoms with E-state index in [2.05, 4.69) is 15.4 Å².